The van der Waals surface area contributed by atoms with E-state index in [1.165, 1.54) is 6.42 Å². The molecule has 0 heterocycles. The number of rotatable bonds is 6. The van der Waals surface area contributed by atoms with E-state index in [2.05, 4.69) is 5.32 Å². The zero-order valence-electron chi connectivity index (χ0n) is 10.1. The van der Waals surface area contributed by atoms with E-state index < -0.39 is 0 Å². The molecule has 1 saturated carbocycles. The minimum absolute atomic E-state index is 0.131. The number of nitrogens with one attached hydrogen (secondary N) is 1. The van der Waals surface area contributed by atoms with Crippen LogP contribution in [0.5, 0.6) is 0 Å². The molecule has 0 aromatic carbocycles. The van der Waals surface area contributed by atoms with Gasteiger partial charge in [-0.2, -0.15) is 0 Å². The van der Waals surface area contributed by atoms with Crippen LogP contribution in [-0.2, 0) is 9.53 Å². The summed E-state index contributed by atoms with van der Waals surface area (Å²) >= 11 is 0. The predicted octanol–water partition coefficient (Wildman–Crippen LogP) is 1.22. The van der Waals surface area contributed by atoms with Gasteiger partial charge in [0.15, 0.2) is 0 Å². The smallest absolute Gasteiger partial charge is 0.305 e. The standard InChI is InChI=1S/C12H23NO3/c1-2-16-12(15)8-5-9-13-10-6-3-4-7-11(10)14/h10-11,13-14H,2-9H2,1H3/t10-,11-/m1/s1. The number of hydrogen-bond donors (Lipinski definition) is 2. The van der Waals surface area contributed by atoms with Crippen LogP contribution in [0.3, 0.4) is 0 Å². The van der Waals surface area contributed by atoms with Crippen LogP contribution in [0.2, 0.25) is 0 Å². The predicted molar refractivity (Wildman–Crippen MR) is 62.1 cm³/mol. The monoisotopic (exact) mass is 229 g/mol. The van der Waals surface area contributed by atoms with Crippen molar-refractivity contribution in [1.82, 2.24) is 5.32 Å². The number of aliphatic hydroxyl groups excluding tert-OH is 1. The molecule has 0 aromatic rings. The molecule has 0 radical (unpaired) electrons. The van der Waals surface area contributed by atoms with Crippen LogP contribution in [0.15, 0.2) is 0 Å². The van der Waals surface area contributed by atoms with E-state index in [9.17, 15) is 9.90 Å². The van der Waals surface area contributed by atoms with E-state index in [4.69, 9.17) is 4.74 Å². The quantitative estimate of drug-likeness (QED) is 0.531. The molecule has 94 valence electrons. The lowest BCUT2D eigenvalue weighted by Crippen LogP contribution is -2.42. The van der Waals surface area contributed by atoms with E-state index in [0.717, 1.165) is 32.2 Å². The fourth-order valence-corrected chi connectivity index (χ4v) is 2.10. The Morgan fingerprint density at radius 1 is 1.44 bits per heavy atom. The molecule has 4 nitrogen and oxygen atoms in total. The number of hydrogen-bond acceptors (Lipinski definition) is 4. The Morgan fingerprint density at radius 2 is 2.19 bits per heavy atom. The van der Waals surface area contributed by atoms with Crippen molar-refractivity contribution in [3.8, 4) is 0 Å². The van der Waals surface area contributed by atoms with Crippen LogP contribution in [0.25, 0.3) is 0 Å². The van der Waals surface area contributed by atoms with E-state index in [1.54, 1.807) is 0 Å². The SMILES string of the molecule is CCOC(=O)CCCN[C@@H]1CCCC[C@H]1O. The molecule has 1 aliphatic rings. The molecule has 0 aromatic heterocycles. The molecule has 1 fully saturated rings. The van der Waals surface area contributed by atoms with Crippen molar-refractivity contribution in [2.24, 2.45) is 0 Å². The van der Waals surface area contributed by atoms with Crippen molar-refractivity contribution in [1.29, 1.82) is 0 Å². The van der Waals surface area contributed by atoms with E-state index in [0.29, 0.717) is 13.0 Å². The summed E-state index contributed by atoms with van der Waals surface area (Å²) in [5, 5.41) is 13.0. The van der Waals surface area contributed by atoms with Gasteiger partial charge in [-0.05, 0) is 32.7 Å². The highest BCUT2D eigenvalue weighted by atomic mass is 16.5. The van der Waals surface area contributed by atoms with Crippen molar-refractivity contribution >= 4 is 5.97 Å². The molecule has 0 bridgehead atoms. The number of carbonyl (C=O) groups is 1. The maximum absolute atomic E-state index is 11.1. The fourth-order valence-electron chi connectivity index (χ4n) is 2.10. The van der Waals surface area contributed by atoms with Crippen LogP contribution in [0.4, 0.5) is 0 Å². The Balaban J connectivity index is 2.03. The maximum Gasteiger partial charge on any atom is 0.305 e. The topological polar surface area (TPSA) is 58.6 Å². The number of aliphatic hydroxyl groups is 1. The first-order valence-electron chi connectivity index (χ1n) is 6.31. The van der Waals surface area contributed by atoms with Crippen molar-refractivity contribution in [2.75, 3.05) is 13.2 Å². The molecule has 4 heteroatoms. The molecule has 0 aliphatic heterocycles. The van der Waals surface area contributed by atoms with E-state index in [-0.39, 0.29) is 18.1 Å². The van der Waals surface area contributed by atoms with Crippen LogP contribution >= 0.6 is 0 Å². The molecule has 1 aliphatic carbocycles. The van der Waals surface area contributed by atoms with Gasteiger partial charge in [-0.3, -0.25) is 4.79 Å². The van der Waals surface area contributed by atoms with Crippen molar-refractivity contribution in [2.45, 2.75) is 57.6 Å². The van der Waals surface area contributed by atoms with Gasteiger partial charge >= 0.3 is 5.97 Å². The zero-order valence-corrected chi connectivity index (χ0v) is 10.1. The zero-order chi connectivity index (χ0) is 11.8. The molecule has 2 N–H and O–H groups in total. The normalized spacial score (nSPS) is 25.4. The number of carbonyl (C=O) groups excluding carboxylic acids is 1. The first-order chi connectivity index (χ1) is 7.74. The van der Waals surface area contributed by atoms with Crippen molar-refractivity contribution < 1.29 is 14.6 Å². The van der Waals surface area contributed by atoms with Gasteiger partial charge in [-0.25, -0.2) is 0 Å². The molecule has 0 saturated heterocycles. The Bertz CT molecular complexity index is 208. The Morgan fingerprint density at radius 3 is 2.88 bits per heavy atom. The molecular formula is C12H23NO3. The van der Waals surface area contributed by atoms with Gasteiger partial charge in [0.1, 0.15) is 0 Å². The summed E-state index contributed by atoms with van der Waals surface area (Å²) in [4.78, 5) is 11.1. The summed E-state index contributed by atoms with van der Waals surface area (Å²) < 4.78 is 4.84. The summed E-state index contributed by atoms with van der Waals surface area (Å²) in [7, 11) is 0. The number of ether oxygens (including phenoxy) is 1. The van der Waals surface area contributed by atoms with Gasteiger partial charge < -0.3 is 15.2 Å². The summed E-state index contributed by atoms with van der Waals surface area (Å²) in [6.07, 6.45) is 5.28. The molecule has 16 heavy (non-hydrogen) atoms. The summed E-state index contributed by atoms with van der Waals surface area (Å²) in [5.74, 6) is -0.131. The first kappa shape index (κ1) is 13.5. The average molecular weight is 229 g/mol. The third kappa shape index (κ3) is 4.94. The molecule has 2 atom stereocenters. The summed E-state index contributed by atoms with van der Waals surface area (Å²) in [6.45, 7) is 3.04. The lowest BCUT2D eigenvalue weighted by atomic mass is 9.92. The Labute approximate surface area is 97.4 Å². The van der Waals surface area contributed by atoms with E-state index >= 15 is 0 Å². The van der Waals surface area contributed by atoms with Gasteiger partial charge in [0.2, 0.25) is 0 Å². The Kier molecular flexibility index (Phi) is 6.42. The van der Waals surface area contributed by atoms with Gasteiger partial charge in [-0.15, -0.1) is 0 Å². The lowest BCUT2D eigenvalue weighted by molar-refractivity contribution is -0.143. The number of esters is 1. The average Bonchev–Trinajstić information content (AvgIpc) is 2.27. The van der Waals surface area contributed by atoms with Crippen molar-refractivity contribution in [3.63, 3.8) is 0 Å². The first-order valence-corrected chi connectivity index (χ1v) is 6.31. The lowest BCUT2D eigenvalue weighted by Gasteiger charge is -2.28. The second-order valence-corrected chi connectivity index (χ2v) is 4.32. The highest BCUT2D eigenvalue weighted by molar-refractivity contribution is 5.69. The van der Waals surface area contributed by atoms with Crippen LogP contribution in [0, 0.1) is 0 Å². The highest BCUT2D eigenvalue weighted by Gasteiger charge is 2.21. The molecule has 0 amide bonds. The minimum Gasteiger partial charge on any atom is -0.466 e. The van der Waals surface area contributed by atoms with Gasteiger partial charge in [0, 0.05) is 12.5 Å². The van der Waals surface area contributed by atoms with Gasteiger partial charge in [0.05, 0.1) is 12.7 Å². The van der Waals surface area contributed by atoms with Gasteiger partial charge in [-0.1, -0.05) is 12.8 Å². The van der Waals surface area contributed by atoms with E-state index in [1.807, 2.05) is 6.92 Å². The fraction of sp³-hybridized carbons (Fsp3) is 0.917. The summed E-state index contributed by atoms with van der Waals surface area (Å²) in [6, 6.07) is 0.218. The second-order valence-electron chi connectivity index (χ2n) is 4.32. The minimum atomic E-state index is -0.212. The van der Waals surface area contributed by atoms with Crippen LogP contribution < -0.4 is 5.32 Å². The highest BCUT2D eigenvalue weighted by Crippen LogP contribution is 2.18. The van der Waals surface area contributed by atoms with Gasteiger partial charge in [0.25, 0.3) is 0 Å². The Hall–Kier alpha value is -0.610. The molecule has 0 spiro atoms. The molecule has 0 unspecified atom stereocenters. The maximum atomic E-state index is 11.1. The second kappa shape index (κ2) is 7.63. The molecule has 1 rings (SSSR count). The summed E-state index contributed by atoms with van der Waals surface area (Å²) in [5.41, 5.74) is 0. The largest absolute Gasteiger partial charge is 0.466 e. The molecular weight excluding hydrogens is 206 g/mol. The van der Waals surface area contributed by atoms with Crippen molar-refractivity contribution in [3.05, 3.63) is 0 Å². The third-order valence-corrected chi connectivity index (χ3v) is 3.00. The van der Waals surface area contributed by atoms with Crippen LogP contribution in [0.1, 0.15) is 45.4 Å². The van der Waals surface area contributed by atoms with Crippen LogP contribution in [-0.4, -0.2) is 36.4 Å². The third-order valence-electron chi connectivity index (χ3n) is 3.00.